The molecule has 7 heteroatoms. The van der Waals surface area contributed by atoms with E-state index in [9.17, 15) is 18.0 Å². The second-order valence-corrected chi connectivity index (χ2v) is 4.89. The minimum atomic E-state index is -4.39. The Balaban J connectivity index is 1.63. The first-order chi connectivity index (χ1) is 11.4. The SMILES string of the molecule is O=C(/C=C/c1ccc(C(F)(F)F)cc1)Oc1ccc2c(c1)OCO2. The van der Waals surface area contributed by atoms with Gasteiger partial charge < -0.3 is 14.2 Å². The lowest BCUT2D eigenvalue weighted by atomic mass is 10.1. The van der Waals surface area contributed by atoms with Crippen LogP contribution in [0.5, 0.6) is 17.2 Å². The van der Waals surface area contributed by atoms with Crippen LogP contribution in [0.2, 0.25) is 0 Å². The van der Waals surface area contributed by atoms with Gasteiger partial charge in [0.25, 0.3) is 0 Å². The van der Waals surface area contributed by atoms with Crippen LogP contribution in [-0.2, 0) is 11.0 Å². The van der Waals surface area contributed by atoms with Gasteiger partial charge in [-0.3, -0.25) is 0 Å². The van der Waals surface area contributed by atoms with Gasteiger partial charge in [0, 0.05) is 12.1 Å². The quantitative estimate of drug-likeness (QED) is 0.482. The number of hydrogen-bond acceptors (Lipinski definition) is 4. The topological polar surface area (TPSA) is 44.8 Å². The molecule has 0 amide bonds. The number of hydrogen-bond donors (Lipinski definition) is 0. The standard InChI is InChI=1S/C17H11F3O4/c18-17(19,20)12-4-1-11(2-5-12)3-8-16(21)24-13-6-7-14-15(9-13)23-10-22-14/h1-9H,10H2/b8-3+. The fourth-order valence-corrected chi connectivity index (χ4v) is 2.04. The fourth-order valence-electron chi connectivity index (χ4n) is 2.04. The van der Waals surface area contributed by atoms with E-state index in [2.05, 4.69) is 0 Å². The van der Waals surface area contributed by atoms with Gasteiger partial charge in [0.15, 0.2) is 11.5 Å². The van der Waals surface area contributed by atoms with Gasteiger partial charge >= 0.3 is 12.1 Å². The molecule has 24 heavy (non-hydrogen) atoms. The molecule has 0 N–H and O–H groups in total. The molecule has 1 aliphatic heterocycles. The molecule has 0 aliphatic carbocycles. The first-order valence-corrected chi connectivity index (χ1v) is 6.89. The van der Waals surface area contributed by atoms with E-state index in [-0.39, 0.29) is 12.5 Å². The van der Waals surface area contributed by atoms with Crippen molar-refractivity contribution in [3.8, 4) is 17.2 Å². The molecule has 0 bridgehead atoms. The van der Waals surface area contributed by atoms with Gasteiger partial charge in [-0.2, -0.15) is 13.2 Å². The number of carbonyl (C=O) groups is 1. The van der Waals surface area contributed by atoms with Crippen molar-refractivity contribution in [2.45, 2.75) is 6.18 Å². The molecule has 2 aromatic carbocycles. The van der Waals surface area contributed by atoms with Gasteiger partial charge in [-0.15, -0.1) is 0 Å². The van der Waals surface area contributed by atoms with Crippen LogP contribution in [0.1, 0.15) is 11.1 Å². The van der Waals surface area contributed by atoms with E-state index < -0.39 is 17.7 Å². The van der Waals surface area contributed by atoms with Crippen LogP contribution in [0.4, 0.5) is 13.2 Å². The molecular formula is C17H11F3O4. The highest BCUT2D eigenvalue weighted by Gasteiger charge is 2.29. The molecule has 0 fully saturated rings. The van der Waals surface area contributed by atoms with Gasteiger partial charge in [0.1, 0.15) is 5.75 Å². The summed E-state index contributed by atoms with van der Waals surface area (Å²) in [7, 11) is 0. The first kappa shape index (κ1) is 15.9. The van der Waals surface area contributed by atoms with Crippen molar-refractivity contribution in [2.24, 2.45) is 0 Å². The van der Waals surface area contributed by atoms with Crippen molar-refractivity contribution < 1.29 is 32.2 Å². The van der Waals surface area contributed by atoms with Crippen LogP contribution in [0, 0.1) is 0 Å². The van der Waals surface area contributed by atoms with E-state index in [1.54, 1.807) is 12.1 Å². The molecule has 2 aromatic rings. The predicted molar refractivity (Wildman–Crippen MR) is 78.7 cm³/mol. The third kappa shape index (κ3) is 3.68. The summed E-state index contributed by atoms with van der Waals surface area (Å²) in [6.45, 7) is 0.112. The molecule has 4 nitrogen and oxygen atoms in total. The molecule has 0 saturated carbocycles. The normalized spacial score (nSPS) is 13.3. The zero-order chi connectivity index (χ0) is 17.2. The van der Waals surface area contributed by atoms with Crippen LogP contribution in [0.25, 0.3) is 6.08 Å². The number of ether oxygens (including phenoxy) is 3. The van der Waals surface area contributed by atoms with Crippen LogP contribution in [0.15, 0.2) is 48.5 Å². The molecule has 0 radical (unpaired) electrons. The molecule has 0 saturated heterocycles. The Labute approximate surface area is 135 Å². The minimum Gasteiger partial charge on any atom is -0.454 e. The van der Waals surface area contributed by atoms with Crippen molar-refractivity contribution in [3.63, 3.8) is 0 Å². The van der Waals surface area contributed by atoms with Gasteiger partial charge in [-0.1, -0.05) is 12.1 Å². The van der Waals surface area contributed by atoms with E-state index >= 15 is 0 Å². The summed E-state index contributed by atoms with van der Waals surface area (Å²) in [4.78, 5) is 11.8. The summed E-state index contributed by atoms with van der Waals surface area (Å²) in [5.41, 5.74) is -0.298. The lowest BCUT2D eigenvalue weighted by Crippen LogP contribution is -2.04. The predicted octanol–water partition coefficient (Wildman–Crippen LogP) is 4.05. The maximum Gasteiger partial charge on any atom is 0.416 e. The Morgan fingerprint density at radius 2 is 1.75 bits per heavy atom. The van der Waals surface area contributed by atoms with Crippen LogP contribution >= 0.6 is 0 Å². The molecule has 0 unspecified atom stereocenters. The van der Waals surface area contributed by atoms with Crippen molar-refractivity contribution in [2.75, 3.05) is 6.79 Å². The average molecular weight is 336 g/mol. The largest absolute Gasteiger partial charge is 0.454 e. The number of halogens is 3. The number of rotatable bonds is 3. The number of carbonyl (C=O) groups excluding carboxylic acids is 1. The summed E-state index contributed by atoms with van der Waals surface area (Å²) >= 11 is 0. The molecule has 0 spiro atoms. The zero-order valence-corrected chi connectivity index (χ0v) is 12.2. The molecule has 0 atom stereocenters. The van der Waals surface area contributed by atoms with Crippen molar-refractivity contribution in [3.05, 3.63) is 59.7 Å². The molecule has 3 rings (SSSR count). The van der Waals surface area contributed by atoms with Gasteiger partial charge in [-0.05, 0) is 35.9 Å². The molecule has 124 valence electrons. The third-order valence-corrected chi connectivity index (χ3v) is 3.21. The van der Waals surface area contributed by atoms with Crippen molar-refractivity contribution in [1.82, 2.24) is 0 Å². The highest BCUT2D eigenvalue weighted by atomic mass is 19.4. The highest BCUT2D eigenvalue weighted by Crippen LogP contribution is 2.35. The summed E-state index contributed by atoms with van der Waals surface area (Å²) in [5.74, 6) is 0.664. The lowest BCUT2D eigenvalue weighted by molar-refractivity contribution is -0.137. The number of benzene rings is 2. The average Bonchev–Trinajstić information content (AvgIpc) is 3.00. The molecular weight excluding hydrogens is 325 g/mol. The minimum absolute atomic E-state index is 0.112. The Bertz CT molecular complexity index is 779. The second-order valence-electron chi connectivity index (χ2n) is 4.89. The Morgan fingerprint density at radius 3 is 2.46 bits per heavy atom. The smallest absolute Gasteiger partial charge is 0.416 e. The summed E-state index contributed by atoms with van der Waals surface area (Å²) in [6.07, 6.45) is -1.89. The maximum atomic E-state index is 12.5. The molecule has 1 aliphatic rings. The van der Waals surface area contributed by atoms with E-state index in [4.69, 9.17) is 14.2 Å². The third-order valence-electron chi connectivity index (χ3n) is 3.21. The van der Waals surface area contributed by atoms with Gasteiger partial charge in [0.2, 0.25) is 6.79 Å². The first-order valence-electron chi connectivity index (χ1n) is 6.89. The number of alkyl halides is 3. The molecule has 1 heterocycles. The number of esters is 1. The van der Waals surface area contributed by atoms with E-state index in [0.717, 1.165) is 18.2 Å². The summed E-state index contributed by atoms with van der Waals surface area (Å²) in [6, 6.07) is 9.13. The second kappa shape index (κ2) is 6.27. The van der Waals surface area contributed by atoms with Crippen molar-refractivity contribution >= 4 is 12.0 Å². The van der Waals surface area contributed by atoms with Crippen molar-refractivity contribution in [1.29, 1.82) is 0 Å². The van der Waals surface area contributed by atoms with E-state index in [1.807, 2.05) is 0 Å². The Morgan fingerprint density at radius 1 is 1.04 bits per heavy atom. The monoisotopic (exact) mass is 336 g/mol. The maximum absolute atomic E-state index is 12.5. The highest BCUT2D eigenvalue weighted by molar-refractivity contribution is 5.88. The van der Waals surface area contributed by atoms with Gasteiger partial charge in [0.05, 0.1) is 5.56 Å². The zero-order valence-electron chi connectivity index (χ0n) is 12.2. The molecule has 0 aromatic heterocycles. The summed E-state index contributed by atoms with van der Waals surface area (Å²) < 4.78 is 52.8. The Hall–Kier alpha value is -2.96. The van der Waals surface area contributed by atoms with E-state index in [1.165, 1.54) is 24.3 Å². The van der Waals surface area contributed by atoms with Gasteiger partial charge in [-0.25, -0.2) is 4.79 Å². The fraction of sp³-hybridized carbons (Fsp3) is 0.118. The van der Waals surface area contributed by atoms with Crippen LogP contribution in [0.3, 0.4) is 0 Å². The van der Waals surface area contributed by atoms with Crippen LogP contribution in [-0.4, -0.2) is 12.8 Å². The lowest BCUT2D eigenvalue weighted by Gasteiger charge is -2.06. The summed E-state index contributed by atoms with van der Waals surface area (Å²) in [5, 5.41) is 0. The van der Waals surface area contributed by atoms with Crippen LogP contribution < -0.4 is 14.2 Å². The van der Waals surface area contributed by atoms with E-state index in [0.29, 0.717) is 17.1 Å². The number of fused-ring (bicyclic) bond motifs is 1. The Kier molecular flexibility index (Phi) is 4.16.